The molecule has 0 bridgehead atoms. The van der Waals surface area contributed by atoms with Crippen LogP contribution in [0.4, 0.5) is 0 Å². The summed E-state index contributed by atoms with van der Waals surface area (Å²) in [6.45, 7) is 0.483. The van der Waals surface area contributed by atoms with E-state index in [2.05, 4.69) is 20.9 Å². The van der Waals surface area contributed by atoms with E-state index >= 15 is 0 Å². The van der Waals surface area contributed by atoms with E-state index in [9.17, 15) is 4.79 Å². The summed E-state index contributed by atoms with van der Waals surface area (Å²) in [7, 11) is 0. The highest BCUT2D eigenvalue weighted by molar-refractivity contribution is 9.10. The number of hydrogen-bond acceptors (Lipinski definition) is 3. The molecule has 0 unspecified atom stereocenters. The van der Waals surface area contributed by atoms with Gasteiger partial charge in [0.25, 0.3) is 5.56 Å². The first-order valence-corrected chi connectivity index (χ1v) is 7.68. The molecule has 0 fully saturated rings. The Morgan fingerprint density at radius 2 is 2.11 bits per heavy atom. The van der Waals surface area contributed by atoms with Gasteiger partial charge in [0.15, 0.2) is 4.77 Å². The molecule has 2 aromatic heterocycles. The molecule has 1 aromatic carbocycles. The SMILES string of the molecule is O=c1c2ccccc2[nH]c(=S)n1Cc1sccc1Br. The topological polar surface area (TPSA) is 37.8 Å². The third kappa shape index (κ3) is 2.31. The van der Waals surface area contributed by atoms with Gasteiger partial charge in [0.2, 0.25) is 0 Å². The smallest absolute Gasteiger partial charge is 0.262 e. The average molecular weight is 353 g/mol. The number of nitrogens with one attached hydrogen (secondary N) is 1. The first-order valence-electron chi connectivity index (χ1n) is 5.60. The van der Waals surface area contributed by atoms with Crippen molar-refractivity contribution in [3.63, 3.8) is 0 Å². The van der Waals surface area contributed by atoms with Crippen LogP contribution in [0, 0.1) is 4.77 Å². The van der Waals surface area contributed by atoms with Crippen molar-refractivity contribution >= 4 is 50.4 Å². The lowest BCUT2D eigenvalue weighted by molar-refractivity contribution is 0.742. The Balaban J connectivity index is 2.22. The number of benzene rings is 1. The molecule has 0 amide bonds. The first-order chi connectivity index (χ1) is 9.16. The van der Waals surface area contributed by atoms with Gasteiger partial charge in [0, 0.05) is 9.35 Å². The molecule has 0 atom stereocenters. The minimum Gasteiger partial charge on any atom is -0.332 e. The Morgan fingerprint density at radius 3 is 2.84 bits per heavy atom. The molecule has 0 aliphatic rings. The van der Waals surface area contributed by atoms with E-state index in [4.69, 9.17) is 12.2 Å². The van der Waals surface area contributed by atoms with Gasteiger partial charge in [-0.1, -0.05) is 12.1 Å². The van der Waals surface area contributed by atoms with Crippen molar-refractivity contribution in [1.29, 1.82) is 0 Å². The Kier molecular flexibility index (Phi) is 3.38. The van der Waals surface area contributed by atoms with Crippen molar-refractivity contribution in [3.8, 4) is 0 Å². The normalized spacial score (nSPS) is 11.0. The molecule has 2 heterocycles. The van der Waals surface area contributed by atoms with E-state index in [0.717, 1.165) is 14.9 Å². The monoisotopic (exact) mass is 352 g/mol. The molecule has 19 heavy (non-hydrogen) atoms. The van der Waals surface area contributed by atoms with Gasteiger partial charge >= 0.3 is 0 Å². The molecule has 0 aliphatic heterocycles. The van der Waals surface area contributed by atoms with Crippen LogP contribution in [-0.4, -0.2) is 9.55 Å². The van der Waals surface area contributed by atoms with E-state index in [1.807, 2.05) is 35.7 Å². The van der Waals surface area contributed by atoms with Crippen molar-refractivity contribution in [3.05, 3.63) is 60.2 Å². The average Bonchev–Trinajstić information content (AvgIpc) is 2.80. The van der Waals surface area contributed by atoms with Gasteiger partial charge in [-0.3, -0.25) is 9.36 Å². The number of nitrogens with zero attached hydrogens (tertiary/aromatic N) is 1. The molecule has 96 valence electrons. The molecule has 0 saturated heterocycles. The number of aromatic amines is 1. The van der Waals surface area contributed by atoms with Crippen molar-refractivity contribution in [2.75, 3.05) is 0 Å². The number of halogens is 1. The number of rotatable bonds is 2. The Hall–Kier alpha value is -1.24. The van der Waals surface area contributed by atoms with Crippen molar-refractivity contribution < 1.29 is 0 Å². The summed E-state index contributed by atoms with van der Waals surface area (Å²) >= 11 is 10.4. The summed E-state index contributed by atoms with van der Waals surface area (Å²) in [4.78, 5) is 16.6. The summed E-state index contributed by atoms with van der Waals surface area (Å²) in [5, 5.41) is 2.64. The zero-order valence-electron chi connectivity index (χ0n) is 9.72. The second-order valence-corrected chi connectivity index (χ2v) is 6.30. The zero-order valence-corrected chi connectivity index (χ0v) is 12.9. The van der Waals surface area contributed by atoms with Crippen molar-refractivity contribution in [2.24, 2.45) is 0 Å². The van der Waals surface area contributed by atoms with E-state index in [0.29, 0.717) is 16.7 Å². The summed E-state index contributed by atoms with van der Waals surface area (Å²) in [6, 6.07) is 9.37. The molecular formula is C13H9BrN2OS2. The van der Waals surface area contributed by atoms with Crippen LogP contribution in [0.25, 0.3) is 10.9 Å². The number of hydrogen-bond donors (Lipinski definition) is 1. The lowest BCUT2D eigenvalue weighted by Gasteiger charge is -2.07. The third-order valence-electron chi connectivity index (χ3n) is 2.88. The van der Waals surface area contributed by atoms with E-state index in [-0.39, 0.29) is 5.56 Å². The van der Waals surface area contributed by atoms with Crippen LogP contribution in [0.2, 0.25) is 0 Å². The van der Waals surface area contributed by atoms with Crippen LogP contribution in [0.1, 0.15) is 4.88 Å². The fraction of sp³-hybridized carbons (Fsp3) is 0.0769. The first kappa shape index (κ1) is 12.8. The lowest BCUT2D eigenvalue weighted by atomic mass is 10.2. The van der Waals surface area contributed by atoms with Crippen LogP contribution in [-0.2, 0) is 6.54 Å². The summed E-state index contributed by atoms with van der Waals surface area (Å²) in [6.07, 6.45) is 0. The maximum absolute atomic E-state index is 12.5. The molecule has 1 N–H and O–H groups in total. The van der Waals surface area contributed by atoms with Gasteiger partial charge in [-0.2, -0.15) is 0 Å². The highest BCUT2D eigenvalue weighted by Gasteiger charge is 2.08. The van der Waals surface area contributed by atoms with Gasteiger partial charge in [0.1, 0.15) is 0 Å². The van der Waals surface area contributed by atoms with Gasteiger partial charge in [-0.15, -0.1) is 11.3 Å². The molecule has 0 saturated carbocycles. The van der Waals surface area contributed by atoms with Gasteiger partial charge < -0.3 is 4.98 Å². The highest BCUT2D eigenvalue weighted by Crippen LogP contribution is 2.23. The number of thiophene rings is 1. The van der Waals surface area contributed by atoms with Crippen LogP contribution in [0.5, 0.6) is 0 Å². The predicted molar refractivity (Wildman–Crippen MR) is 84.5 cm³/mol. The quantitative estimate of drug-likeness (QED) is 0.709. The van der Waals surface area contributed by atoms with Gasteiger partial charge in [-0.25, -0.2) is 0 Å². The maximum atomic E-state index is 12.5. The zero-order chi connectivity index (χ0) is 13.4. The summed E-state index contributed by atoms with van der Waals surface area (Å²) < 4.78 is 3.05. The molecule has 3 rings (SSSR count). The lowest BCUT2D eigenvalue weighted by Crippen LogP contribution is -2.22. The molecule has 0 aliphatic carbocycles. The third-order valence-corrected chi connectivity index (χ3v) is 5.12. The Labute approximate surface area is 126 Å². The Morgan fingerprint density at radius 1 is 1.32 bits per heavy atom. The van der Waals surface area contributed by atoms with E-state index in [1.165, 1.54) is 0 Å². The molecule has 0 radical (unpaired) electrons. The number of fused-ring (bicyclic) bond motifs is 1. The maximum Gasteiger partial charge on any atom is 0.262 e. The fourth-order valence-electron chi connectivity index (χ4n) is 1.92. The van der Waals surface area contributed by atoms with Crippen molar-refractivity contribution in [2.45, 2.75) is 6.54 Å². The predicted octanol–water partition coefficient (Wildman–Crippen LogP) is 3.93. The van der Waals surface area contributed by atoms with Crippen LogP contribution in [0.15, 0.2) is 45.0 Å². The van der Waals surface area contributed by atoms with Crippen LogP contribution >= 0.6 is 39.5 Å². The van der Waals surface area contributed by atoms with Gasteiger partial charge in [0.05, 0.1) is 17.4 Å². The molecule has 0 spiro atoms. The fourth-order valence-corrected chi connectivity index (χ4v) is 3.65. The minimum atomic E-state index is -0.0559. The number of aromatic nitrogens is 2. The molecule has 3 nitrogen and oxygen atoms in total. The standard InChI is InChI=1S/C13H9BrN2OS2/c14-9-5-6-19-11(9)7-16-12(17)8-3-1-2-4-10(8)15-13(16)18/h1-6H,7H2,(H,15,18). The van der Waals surface area contributed by atoms with Gasteiger partial charge in [-0.05, 0) is 51.7 Å². The largest absolute Gasteiger partial charge is 0.332 e. The summed E-state index contributed by atoms with van der Waals surface area (Å²) in [5.74, 6) is 0. The van der Waals surface area contributed by atoms with E-state index < -0.39 is 0 Å². The van der Waals surface area contributed by atoms with E-state index in [1.54, 1.807) is 15.9 Å². The second-order valence-electron chi connectivity index (χ2n) is 4.06. The van der Waals surface area contributed by atoms with Crippen LogP contribution in [0.3, 0.4) is 0 Å². The van der Waals surface area contributed by atoms with Crippen LogP contribution < -0.4 is 5.56 Å². The number of H-pyrrole nitrogens is 1. The molecular weight excluding hydrogens is 344 g/mol. The second kappa shape index (κ2) is 5.03. The highest BCUT2D eigenvalue weighted by atomic mass is 79.9. The van der Waals surface area contributed by atoms with Crippen molar-refractivity contribution in [1.82, 2.24) is 9.55 Å². The molecule has 6 heteroatoms. The number of para-hydroxylation sites is 1. The Bertz CT molecular complexity index is 863. The summed E-state index contributed by atoms with van der Waals surface area (Å²) in [5.41, 5.74) is 0.721. The minimum absolute atomic E-state index is 0.0559. The molecule has 3 aromatic rings.